The standard InChI is InChI=1S/C7H7NO.C7H7O2S/c8-7(9)6-4-2-1-3-5-6;1-10(8,9)7-5-3-2-4-6-7/h1-5H,(H2,8,9);2-3,5-6H,1H3. The highest BCUT2D eigenvalue weighted by Gasteiger charge is 2.03. The number of carbonyl (C=O) groups excluding carboxylic acids is 1. The van der Waals surface area contributed by atoms with E-state index in [1.165, 1.54) is 12.3 Å². The van der Waals surface area contributed by atoms with Gasteiger partial charge in [0.05, 0.1) is 4.90 Å². The monoisotopic (exact) mass is 276 g/mol. The van der Waals surface area contributed by atoms with Crippen molar-refractivity contribution in [1.82, 2.24) is 0 Å². The van der Waals surface area contributed by atoms with E-state index in [1.807, 2.05) is 6.07 Å². The van der Waals surface area contributed by atoms with Crippen LogP contribution in [0.1, 0.15) is 10.4 Å². The van der Waals surface area contributed by atoms with Gasteiger partial charge in [0.2, 0.25) is 5.91 Å². The molecule has 0 bridgehead atoms. The molecule has 0 fully saturated rings. The molecule has 0 atom stereocenters. The molecule has 0 aromatic heterocycles. The molecule has 0 heterocycles. The average molecular weight is 276 g/mol. The Labute approximate surface area is 112 Å². The third kappa shape index (κ3) is 5.35. The molecule has 5 heteroatoms. The van der Waals surface area contributed by atoms with Gasteiger partial charge in [-0.05, 0) is 30.3 Å². The Morgan fingerprint density at radius 3 is 2.05 bits per heavy atom. The van der Waals surface area contributed by atoms with Gasteiger partial charge in [-0.1, -0.05) is 30.3 Å². The number of sulfone groups is 1. The van der Waals surface area contributed by atoms with Crippen LogP contribution < -0.4 is 5.73 Å². The van der Waals surface area contributed by atoms with Gasteiger partial charge >= 0.3 is 0 Å². The molecule has 2 aromatic rings. The zero-order valence-electron chi connectivity index (χ0n) is 10.4. The van der Waals surface area contributed by atoms with Crippen molar-refractivity contribution in [2.24, 2.45) is 5.73 Å². The third-order valence-corrected chi connectivity index (χ3v) is 3.28. The van der Waals surface area contributed by atoms with E-state index in [2.05, 4.69) is 6.07 Å². The maximum absolute atomic E-state index is 10.8. The van der Waals surface area contributed by atoms with Gasteiger partial charge in [0.15, 0.2) is 9.84 Å². The van der Waals surface area contributed by atoms with Crippen LogP contribution in [0, 0.1) is 6.07 Å². The molecule has 0 aliphatic heterocycles. The molecular formula is C14H14NO3S. The zero-order chi connectivity index (χ0) is 14.3. The highest BCUT2D eigenvalue weighted by atomic mass is 32.2. The van der Waals surface area contributed by atoms with Crippen LogP contribution in [-0.4, -0.2) is 20.6 Å². The summed E-state index contributed by atoms with van der Waals surface area (Å²) in [6.07, 6.45) is 1.18. The summed E-state index contributed by atoms with van der Waals surface area (Å²) in [6.45, 7) is 0. The highest BCUT2D eigenvalue weighted by Crippen LogP contribution is 2.05. The maximum atomic E-state index is 10.8. The summed E-state index contributed by atoms with van der Waals surface area (Å²) in [4.78, 5) is 10.7. The van der Waals surface area contributed by atoms with Gasteiger partial charge in [0, 0.05) is 11.8 Å². The molecule has 1 amide bonds. The van der Waals surface area contributed by atoms with Crippen LogP contribution >= 0.6 is 0 Å². The van der Waals surface area contributed by atoms with Crippen LogP contribution in [0.3, 0.4) is 0 Å². The second-order valence-corrected chi connectivity index (χ2v) is 5.76. The summed E-state index contributed by atoms with van der Waals surface area (Å²) in [7, 11) is -3.03. The van der Waals surface area contributed by atoms with Crippen molar-refractivity contribution in [1.29, 1.82) is 0 Å². The fourth-order valence-corrected chi connectivity index (χ4v) is 1.82. The van der Waals surface area contributed by atoms with Gasteiger partial charge in [-0.3, -0.25) is 4.79 Å². The lowest BCUT2D eigenvalue weighted by atomic mass is 10.2. The van der Waals surface area contributed by atoms with E-state index in [0.717, 1.165) is 0 Å². The Morgan fingerprint density at radius 2 is 1.74 bits per heavy atom. The summed E-state index contributed by atoms with van der Waals surface area (Å²) < 4.78 is 21.6. The van der Waals surface area contributed by atoms with Gasteiger partial charge in [-0.25, -0.2) is 8.42 Å². The minimum absolute atomic E-state index is 0.315. The van der Waals surface area contributed by atoms with Crippen molar-refractivity contribution >= 4 is 15.7 Å². The molecule has 0 unspecified atom stereocenters. The summed E-state index contributed by atoms with van der Waals surface area (Å²) >= 11 is 0. The van der Waals surface area contributed by atoms with E-state index < -0.39 is 9.84 Å². The number of primary amides is 1. The molecule has 0 saturated carbocycles. The second-order valence-electron chi connectivity index (χ2n) is 3.74. The molecule has 19 heavy (non-hydrogen) atoms. The van der Waals surface area contributed by atoms with E-state index >= 15 is 0 Å². The average Bonchev–Trinajstić information content (AvgIpc) is 2.40. The van der Waals surface area contributed by atoms with Gasteiger partial charge in [0.1, 0.15) is 0 Å². The first-order chi connectivity index (χ1) is 8.91. The van der Waals surface area contributed by atoms with Gasteiger partial charge in [-0.2, -0.15) is 0 Å². The fourth-order valence-electron chi connectivity index (χ4n) is 1.21. The predicted octanol–water partition coefficient (Wildman–Crippen LogP) is 1.68. The quantitative estimate of drug-likeness (QED) is 0.906. The molecule has 0 aliphatic carbocycles. The van der Waals surface area contributed by atoms with Gasteiger partial charge < -0.3 is 5.73 Å². The Bertz CT molecular complexity index is 622. The van der Waals surface area contributed by atoms with Crippen molar-refractivity contribution in [3.05, 3.63) is 66.2 Å². The third-order valence-electron chi connectivity index (χ3n) is 2.16. The molecule has 1 radical (unpaired) electrons. The summed E-state index contributed by atoms with van der Waals surface area (Å²) in [5.74, 6) is -0.379. The Balaban J connectivity index is 0.000000191. The predicted molar refractivity (Wildman–Crippen MR) is 73.3 cm³/mol. The van der Waals surface area contributed by atoms with Crippen LogP contribution in [-0.2, 0) is 9.84 Å². The van der Waals surface area contributed by atoms with E-state index in [4.69, 9.17) is 5.73 Å². The summed E-state index contributed by atoms with van der Waals surface area (Å²) in [5.41, 5.74) is 5.53. The fraction of sp³-hybridized carbons (Fsp3) is 0.0714. The number of rotatable bonds is 2. The molecule has 2 N–H and O–H groups in total. The molecule has 4 nitrogen and oxygen atoms in total. The first kappa shape index (κ1) is 14.9. The van der Waals surface area contributed by atoms with E-state index in [0.29, 0.717) is 10.5 Å². The number of hydrogen-bond donors (Lipinski definition) is 1. The van der Waals surface area contributed by atoms with Crippen LogP contribution in [0.15, 0.2) is 59.5 Å². The zero-order valence-corrected chi connectivity index (χ0v) is 11.2. The second kappa shape index (κ2) is 6.70. The van der Waals surface area contributed by atoms with E-state index in [9.17, 15) is 13.2 Å². The minimum atomic E-state index is -3.03. The largest absolute Gasteiger partial charge is 0.366 e. The number of nitrogens with two attached hydrogens (primary N) is 1. The minimum Gasteiger partial charge on any atom is -0.366 e. The van der Waals surface area contributed by atoms with Crippen molar-refractivity contribution in [3.8, 4) is 0 Å². The summed E-state index contributed by atoms with van der Waals surface area (Å²) in [6, 6.07) is 17.8. The highest BCUT2D eigenvalue weighted by molar-refractivity contribution is 7.90. The molecule has 0 aliphatic rings. The molecule has 0 spiro atoms. The SMILES string of the molecule is CS(=O)(=O)c1c[c]ccc1.NC(=O)c1ccccc1. The van der Waals surface area contributed by atoms with Crippen LogP contribution in [0.5, 0.6) is 0 Å². The number of amides is 1. The lowest BCUT2D eigenvalue weighted by Gasteiger charge is -1.93. The van der Waals surface area contributed by atoms with Crippen molar-refractivity contribution < 1.29 is 13.2 Å². The van der Waals surface area contributed by atoms with Crippen molar-refractivity contribution in [3.63, 3.8) is 0 Å². The van der Waals surface area contributed by atoms with Crippen molar-refractivity contribution in [2.75, 3.05) is 6.26 Å². The first-order valence-corrected chi connectivity index (χ1v) is 7.31. The molecular weight excluding hydrogens is 262 g/mol. The first-order valence-electron chi connectivity index (χ1n) is 5.42. The maximum Gasteiger partial charge on any atom is 0.248 e. The van der Waals surface area contributed by atoms with E-state index in [1.54, 1.807) is 42.5 Å². The lowest BCUT2D eigenvalue weighted by molar-refractivity contribution is 0.100. The summed E-state index contributed by atoms with van der Waals surface area (Å²) in [5, 5.41) is 0. The Kier molecular flexibility index (Phi) is 5.26. The topological polar surface area (TPSA) is 77.2 Å². The molecule has 2 aromatic carbocycles. The molecule has 0 saturated heterocycles. The number of hydrogen-bond acceptors (Lipinski definition) is 3. The Hall–Kier alpha value is -2.14. The smallest absolute Gasteiger partial charge is 0.248 e. The van der Waals surface area contributed by atoms with Crippen molar-refractivity contribution in [2.45, 2.75) is 4.90 Å². The normalized spacial score (nSPS) is 10.2. The van der Waals surface area contributed by atoms with Crippen LogP contribution in [0.2, 0.25) is 0 Å². The van der Waals surface area contributed by atoms with Gasteiger partial charge in [-0.15, -0.1) is 0 Å². The number of benzene rings is 2. The Morgan fingerprint density at radius 1 is 1.11 bits per heavy atom. The lowest BCUT2D eigenvalue weighted by Crippen LogP contribution is -2.09. The van der Waals surface area contributed by atoms with E-state index in [-0.39, 0.29) is 5.91 Å². The number of carbonyl (C=O) groups is 1. The van der Waals surface area contributed by atoms with Crippen LogP contribution in [0.4, 0.5) is 0 Å². The van der Waals surface area contributed by atoms with Gasteiger partial charge in [0.25, 0.3) is 0 Å². The van der Waals surface area contributed by atoms with Crippen LogP contribution in [0.25, 0.3) is 0 Å². The molecule has 2 rings (SSSR count). The molecule has 99 valence electrons.